The largest absolute Gasteiger partial charge is 0.0636 e. The topological polar surface area (TPSA) is 0 Å². The SMILES string of the molecule is [2H]c1c([2H])c([2H])c2c(c1[2H])-c1c([2H])c([2H])c(-c3c4c([2H])c([2H])c([2H])c([2H])c4c([2H])c4c3c([2H])c([2H])c3c([2H])c([2H])c([2H])c([2H])c34)c([2H])c1C2(C)C. The highest BCUT2D eigenvalue weighted by Crippen LogP contribution is 2.50. The summed E-state index contributed by atoms with van der Waals surface area (Å²) in [6.07, 6.45) is 0. The summed E-state index contributed by atoms with van der Waals surface area (Å²) in [7, 11) is 0. The number of fused-ring (bicyclic) bond motifs is 7. The average Bonchev–Trinajstić information content (AvgIpc) is 3.34. The monoisotopic (exact) mass is 438 g/mol. The normalized spacial score (nSPS) is 21.6. The minimum atomic E-state index is -1.38. The van der Waals surface area contributed by atoms with Gasteiger partial charge in [0.1, 0.15) is 0 Å². The Labute approximate surface area is 219 Å². The van der Waals surface area contributed by atoms with Crippen molar-refractivity contribution in [3.63, 3.8) is 0 Å². The molecule has 0 nitrogen and oxygen atoms in total. The third kappa shape index (κ3) is 2.52. The smallest absolute Gasteiger partial charge is 0.0619 e. The highest BCUT2D eigenvalue weighted by Gasteiger charge is 2.35. The van der Waals surface area contributed by atoms with E-state index < -0.39 is 147 Å². The van der Waals surface area contributed by atoms with Crippen molar-refractivity contribution in [2.45, 2.75) is 19.3 Å². The van der Waals surface area contributed by atoms with E-state index in [4.69, 9.17) is 17.8 Å². The molecule has 0 N–H and O–H groups in total. The van der Waals surface area contributed by atoms with Gasteiger partial charge in [0.2, 0.25) is 0 Å². The molecule has 156 valence electrons. The Morgan fingerprint density at radius 2 is 1.21 bits per heavy atom. The quantitative estimate of drug-likeness (QED) is 0.177. The molecule has 0 radical (unpaired) electrons. The van der Waals surface area contributed by atoms with Gasteiger partial charge in [-0.1, -0.05) is 111 Å². The van der Waals surface area contributed by atoms with Crippen LogP contribution < -0.4 is 0 Å². The summed E-state index contributed by atoms with van der Waals surface area (Å²) in [5.41, 5.74) is -2.28. The third-order valence-corrected chi connectivity index (χ3v) is 6.19. The van der Waals surface area contributed by atoms with Gasteiger partial charge in [-0.15, -0.1) is 0 Å². The van der Waals surface area contributed by atoms with Crippen molar-refractivity contribution in [3.05, 3.63) is 120 Å². The highest BCUT2D eigenvalue weighted by atomic mass is 14.4. The molecule has 0 bridgehead atoms. The molecule has 0 atom stereocenters. The van der Waals surface area contributed by atoms with E-state index in [1.807, 2.05) is 0 Å². The second-order valence-corrected chi connectivity index (χ2v) is 8.38. The van der Waals surface area contributed by atoms with Crippen LogP contribution in [0.15, 0.2) is 109 Å². The third-order valence-electron chi connectivity index (χ3n) is 6.19. The lowest BCUT2D eigenvalue weighted by molar-refractivity contribution is 0.660. The van der Waals surface area contributed by atoms with Crippen LogP contribution in [0.2, 0.25) is 0 Å². The summed E-state index contributed by atoms with van der Waals surface area (Å²) in [6, 6.07) is -11.6. The molecule has 0 spiro atoms. The molecule has 7 rings (SSSR count). The fourth-order valence-electron chi connectivity index (χ4n) is 4.59. The molecule has 0 aliphatic heterocycles. The van der Waals surface area contributed by atoms with Crippen LogP contribution in [0.25, 0.3) is 54.6 Å². The van der Waals surface area contributed by atoms with Crippen LogP contribution in [0.5, 0.6) is 0 Å². The minimum Gasteiger partial charge on any atom is -0.0619 e. The molecule has 0 fully saturated rings. The fraction of sp³-hybridized carbons (Fsp3) is 0.0909. The Morgan fingerprint density at radius 1 is 0.515 bits per heavy atom. The van der Waals surface area contributed by atoms with Gasteiger partial charge in [-0.3, -0.25) is 0 Å². The van der Waals surface area contributed by atoms with Gasteiger partial charge in [0.25, 0.3) is 0 Å². The molecule has 0 unspecified atom stereocenters. The Morgan fingerprint density at radius 3 is 2.09 bits per heavy atom. The van der Waals surface area contributed by atoms with E-state index in [2.05, 4.69) is 0 Å². The lowest BCUT2D eigenvalue weighted by atomic mass is 9.81. The zero-order valence-electron chi connectivity index (χ0n) is 35.5. The van der Waals surface area contributed by atoms with Crippen molar-refractivity contribution >= 4 is 32.3 Å². The summed E-state index contributed by atoms with van der Waals surface area (Å²) in [5, 5.41) is -2.42. The Bertz CT molecular complexity index is 2690. The van der Waals surface area contributed by atoms with Crippen LogP contribution in [0, 0.1) is 0 Å². The maximum absolute atomic E-state index is 9.64. The number of rotatable bonds is 1. The summed E-state index contributed by atoms with van der Waals surface area (Å²) in [4.78, 5) is 0. The van der Waals surface area contributed by atoms with Crippen molar-refractivity contribution in [1.29, 1.82) is 0 Å². The zero-order valence-corrected chi connectivity index (χ0v) is 17.5. The molecular weight excluding hydrogens is 396 g/mol. The summed E-state index contributed by atoms with van der Waals surface area (Å²) >= 11 is 0. The molecule has 0 heterocycles. The first-order valence-electron chi connectivity index (χ1n) is 19.2. The lowest BCUT2D eigenvalue weighted by Gasteiger charge is -2.22. The molecular formula is C33H24. The molecule has 0 saturated carbocycles. The van der Waals surface area contributed by atoms with E-state index in [1.54, 1.807) is 13.8 Å². The van der Waals surface area contributed by atoms with Gasteiger partial charge in [-0.25, -0.2) is 0 Å². The van der Waals surface area contributed by atoms with Gasteiger partial charge >= 0.3 is 0 Å². The minimum absolute atomic E-state index is 0.0120. The van der Waals surface area contributed by atoms with Gasteiger partial charge in [0.05, 0.1) is 24.7 Å². The van der Waals surface area contributed by atoms with Crippen molar-refractivity contribution in [2.24, 2.45) is 0 Å². The molecule has 0 amide bonds. The maximum Gasteiger partial charge on any atom is 0.0636 e. The Kier molecular flexibility index (Phi) is 1.62. The fourth-order valence-corrected chi connectivity index (χ4v) is 4.59. The Balaban J connectivity index is 1.85. The summed E-state index contributed by atoms with van der Waals surface area (Å²) in [5.74, 6) is 0. The second-order valence-electron chi connectivity index (χ2n) is 8.38. The van der Waals surface area contributed by atoms with Gasteiger partial charge in [-0.2, -0.15) is 0 Å². The van der Waals surface area contributed by atoms with Crippen LogP contribution in [-0.4, -0.2) is 0 Å². The number of hydrogen-bond donors (Lipinski definition) is 0. The molecule has 6 aromatic carbocycles. The van der Waals surface area contributed by atoms with Crippen molar-refractivity contribution in [3.8, 4) is 22.3 Å². The lowest BCUT2D eigenvalue weighted by Crippen LogP contribution is -2.14. The van der Waals surface area contributed by atoms with Crippen LogP contribution in [-0.2, 0) is 5.41 Å². The van der Waals surface area contributed by atoms with Crippen LogP contribution >= 0.6 is 0 Å². The summed E-state index contributed by atoms with van der Waals surface area (Å²) in [6.45, 7) is 3.17. The van der Waals surface area contributed by atoms with E-state index in [9.17, 15) is 6.85 Å². The molecule has 33 heavy (non-hydrogen) atoms. The Hall–Kier alpha value is -3.90. The van der Waals surface area contributed by atoms with E-state index in [0.29, 0.717) is 0 Å². The first kappa shape index (κ1) is 8.15. The van der Waals surface area contributed by atoms with Gasteiger partial charge in [0.15, 0.2) is 0 Å². The molecule has 1 aliphatic rings. The number of benzene rings is 6. The van der Waals surface area contributed by atoms with E-state index in [-0.39, 0.29) is 33.0 Å². The molecule has 1 aliphatic carbocycles. The van der Waals surface area contributed by atoms with Crippen LogP contribution in [0.3, 0.4) is 0 Å². The molecule has 6 aromatic rings. The second kappa shape index (κ2) is 6.56. The highest BCUT2D eigenvalue weighted by molar-refractivity contribution is 6.20. The van der Waals surface area contributed by atoms with Gasteiger partial charge in [-0.05, 0) is 77.8 Å². The van der Waals surface area contributed by atoms with E-state index in [1.165, 1.54) is 0 Å². The van der Waals surface area contributed by atoms with Crippen LogP contribution in [0.4, 0.5) is 0 Å². The predicted molar refractivity (Wildman–Crippen MR) is 142 cm³/mol. The van der Waals surface area contributed by atoms with Crippen LogP contribution in [0.1, 0.15) is 49.6 Å². The maximum atomic E-state index is 9.64. The van der Waals surface area contributed by atoms with E-state index >= 15 is 0 Å². The summed E-state index contributed by atoms with van der Waals surface area (Å²) < 4.78 is 158. The van der Waals surface area contributed by atoms with Gasteiger partial charge < -0.3 is 0 Å². The standard InChI is InChI=1S/C33H24/c1-33(2)30-14-8-7-13-26(30)27-17-16-23(20-31(27)33)32-25-12-6-4-10-22(25)19-29-24-11-5-3-9-21(24)15-18-28(29)32/h3-20H,1-2H3/i3D,4D,5D,6D,7D,8D,9D,10D,11D,12D,13D,14D,15D,16D,17D,18D,19D,20D. The predicted octanol–water partition coefficient (Wildman–Crippen LogP) is 9.12. The average molecular weight is 439 g/mol. The zero-order chi connectivity index (χ0) is 37.8. The number of hydrogen-bond acceptors (Lipinski definition) is 0. The molecule has 0 aromatic heterocycles. The van der Waals surface area contributed by atoms with Crippen molar-refractivity contribution in [2.75, 3.05) is 0 Å². The molecule has 0 saturated heterocycles. The van der Waals surface area contributed by atoms with Crippen molar-refractivity contribution in [1.82, 2.24) is 0 Å². The first-order chi connectivity index (χ1) is 23.6. The van der Waals surface area contributed by atoms with Crippen molar-refractivity contribution < 1.29 is 24.7 Å². The molecule has 0 heteroatoms. The first-order valence-corrected chi connectivity index (χ1v) is 10.2. The van der Waals surface area contributed by atoms with E-state index in [0.717, 1.165) is 0 Å². The van der Waals surface area contributed by atoms with Gasteiger partial charge in [0, 0.05) is 5.41 Å².